The molecule has 0 aliphatic carbocycles. The second-order valence-electron chi connectivity index (χ2n) is 5.88. The Morgan fingerprint density at radius 1 is 1.33 bits per heavy atom. The van der Waals surface area contributed by atoms with Crippen LogP contribution in [0.15, 0.2) is 22.6 Å². The fourth-order valence-electron chi connectivity index (χ4n) is 1.83. The molecular weight excluding hydrogens is 226 g/mol. The van der Waals surface area contributed by atoms with Crippen LogP contribution in [0.5, 0.6) is 0 Å². The Morgan fingerprint density at radius 3 is 2.61 bits per heavy atom. The highest BCUT2D eigenvalue weighted by Crippen LogP contribution is 2.29. The van der Waals surface area contributed by atoms with Crippen LogP contribution in [0.1, 0.15) is 27.7 Å². The van der Waals surface area contributed by atoms with E-state index in [1.807, 2.05) is 25.2 Å². The number of fused-ring (bicyclic) bond motifs is 1. The summed E-state index contributed by atoms with van der Waals surface area (Å²) in [6, 6.07) is 6.47. The van der Waals surface area contributed by atoms with Gasteiger partial charge in [0, 0.05) is 18.8 Å². The minimum atomic E-state index is 0.161. The summed E-state index contributed by atoms with van der Waals surface area (Å²) >= 11 is 0. The van der Waals surface area contributed by atoms with Crippen LogP contribution in [0.4, 0.5) is 11.7 Å². The van der Waals surface area contributed by atoms with Gasteiger partial charge in [-0.2, -0.15) is 4.98 Å². The zero-order chi connectivity index (χ0) is 13.5. The van der Waals surface area contributed by atoms with Crippen molar-refractivity contribution in [2.24, 2.45) is 5.41 Å². The summed E-state index contributed by atoms with van der Waals surface area (Å²) in [5.41, 5.74) is 8.18. The lowest BCUT2D eigenvalue weighted by Crippen LogP contribution is -2.39. The highest BCUT2D eigenvalue weighted by Gasteiger charge is 2.26. The number of benzene rings is 1. The van der Waals surface area contributed by atoms with Crippen molar-refractivity contribution in [1.29, 1.82) is 0 Å². The number of aromatic nitrogens is 1. The Labute approximate surface area is 108 Å². The van der Waals surface area contributed by atoms with E-state index in [1.54, 1.807) is 0 Å². The van der Waals surface area contributed by atoms with Crippen LogP contribution < -0.4 is 10.6 Å². The number of nitrogens with two attached hydrogens (primary N) is 1. The van der Waals surface area contributed by atoms with E-state index in [4.69, 9.17) is 10.2 Å². The van der Waals surface area contributed by atoms with Crippen LogP contribution in [0, 0.1) is 5.41 Å². The normalized spacial score (nSPS) is 13.8. The summed E-state index contributed by atoms with van der Waals surface area (Å²) in [7, 11) is 2.00. The highest BCUT2D eigenvalue weighted by molar-refractivity contribution is 5.78. The molecule has 0 radical (unpaired) electrons. The van der Waals surface area contributed by atoms with Crippen molar-refractivity contribution in [2.75, 3.05) is 17.7 Å². The molecule has 0 fully saturated rings. The Kier molecular flexibility index (Phi) is 2.97. The minimum absolute atomic E-state index is 0.161. The molecule has 0 aliphatic rings. The first-order valence-corrected chi connectivity index (χ1v) is 6.18. The summed E-state index contributed by atoms with van der Waals surface area (Å²) in [4.78, 5) is 6.55. The molecule has 4 heteroatoms. The van der Waals surface area contributed by atoms with Crippen molar-refractivity contribution in [3.8, 4) is 0 Å². The molecule has 0 bridgehead atoms. The van der Waals surface area contributed by atoms with Crippen LogP contribution in [0.3, 0.4) is 0 Å². The fraction of sp³-hybridized carbons (Fsp3) is 0.500. The molecular formula is C14H21N3O. The molecule has 2 N–H and O–H groups in total. The molecule has 18 heavy (non-hydrogen) atoms. The molecule has 1 unspecified atom stereocenters. The average molecular weight is 247 g/mol. The quantitative estimate of drug-likeness (QED) is 0.827. The lowest BCUT2D eigenvalue weighted by Gasteiger charge is -2.34. The molecule has 98 valence electrons. The van der Waals surface area contributed by atoms with Gasteiger partial charge >= 0.3 is 0 Å². The van der Waals surface area contributed by atoms with Gasteiger partial charge in [0.15, 0.2) is 5.58 Å². The molecule has 1 aromatic carbocycles. The van der Waals surface area contributed by atoms with Gasteiger partial charge in [0.05, 0.1) is 0 Å². The predicted molar refractivity (Wildman–Crippen MR) is 75.7 cm³/mol. The van der Waals surface area contributed by atoms with Gasteiger partial charge in [-0.15, -0.1) is 0 Å². The summed E-state index contributed by atoms with van der Waals surface area (Å²) in [6.45, 7) is 8.78. The fourth-order valence-corrected chi connectivity index (χ4v) is 1.83. The Morgan fingerprint density at radius 2 is 2.00 bits per heavy atom. The Bertz CT molecular complexity index is 554. The molecule has 0 saturated heterocycles. The van der Waals surface area contributed by atoms with E-state index in [1.165, 1.54) is 0 Å². The predicted octanol–water partition coefficient (Wildman–Crippen LogP) is 3.28. The van der Waals surface area contributed by atoms with Gasteiger partial charge in [0.2, 0.25) is 0 Å². The topological polar surface area (TPSA) is 55.3 Å². The first kappa shape index (κ1) is 12.7. The molecule has 0 aliphatic heterocycles. The van der Waals surface area contributed by atoms with E-state index in [0.29, 0.717) is 17.7 Å². The van der Waals surface area contributed by atoms with E-state index in [9.17, 15) is 0 Å². The molecule has 0 amide bonds. The lowest BCUT2D eigenvalue weighted by molar-refractivity contribution is 0.319. The van der Waals surface area contributed by atoms with Gasteiger partial charge in [0.25, 0.3) is 6.01 Å². The number of rotatable bonds is 2. The number of hydrogen-bond acceptors (Lipinski definition) is 4. The molecule has 1 aromatic heterocycles. The molecule has 1 atom stereocenters. The first-order chi connectivity index (χ1) is 8.29. The second kappa shape index (κ2) is 4.19. The number of oxazole rings is 1. The summed E-state index contributed by atoms with van der Waals surface area (Å²) in [5.74, 6) is 0. The van der Waals surface area contributed by atoms with Crippen LogP contribution in [0.2, 0.25) is 0 Å². The molecule has 4 nitrogen and oxygen atoms in total. The zero-order valence-electron chi connectivity index (χ0n) is 11.7. The third-order valence-corrected chi connectivity index (χ3v) is 3.54. The maximum atomic E-state index is 5.76. The number of hydrogen-bond donors (Lipinski definition) is 1. The third kappa shape index (κ3) is 2.28. The molecule has 1 heterocycles. The Balaban J connectivity index is 2.36. The molecule has 0 spiro atoms. The standard InChI is InChI=1S/C14H21N3O/c1-9(14(2,3)4)17(5)13-16-11-8-10(15)6-7-12(11)18-13/h6-9H,15H2,1-5H3. The zero-order valence-corrected chi connectivity index (χ0v) is 11.7. The second-order valence-corrected chi connectivity index (χ2v) is 5.88. The number of nitrogen functional groups attached to an aromatic ring is 1. The SMILES string of the molecule is CC(N(C)c1nc2cc(N)ccc2o1)C(C)(C)C. The van der Waals surface area contributed by atoms with Crippen molar-refractivity contribution in [3.63, 3.8) is 0 Å². The average Bonchev–Trinajstić information content (AvgIpc) is 2.68. The van der Waals surface area contributed by atoms with Gasteiger partial charge < -0.3 is 15.1 Å². The van der Waals surface area contributed by atoms with Gasteiger partial charge in [-0.05, 0) is 30.5 Å². The van der Waals surface area contributed by atoms with E-state index in [0.717, 1.165) is 11.1 Å². The minimum Gasteiger partial charge on any atom is -0.423 e. The van der Waals surface area contributed by atoms with Crippen LogP contribution >= 0.6 is 0 Å². The van der Waals surface area contributed by atoms with Crippen molar-refractivity contribution in [2.45, 2.75) is 33.7 Å². The molecule has 2 aromatic rings. The number of nitrogens with zero attached hydrogens (tertiary/aromatic N) is 2. The van der Waals surface area contributed by atoms with Gasteiger partial charge in [-0.25, -0.2) is 0 Å². The van der Waals surface area contributed by atoms with E-state index in [2.05, 4.69) is 37.6 Å². The maximum Gasteiger partial charge on any atom is 0.298 e. The van der Waals surface area contributed by atoms with Crippen LogP contribution in [0.25, 0.3) is 11.1 Å². The van der Waals surface area contributed by atoms with Crippen molar-refractivity contribution >= 4 is 22.8 Å². The number of anilines is 2. The van der Waals surface area contributed by atoms with E-state index in [-0.39, 0.29) is 5.41 Å². The third-order valence-electron chi connectivity index (χ3n) is 3.54. The summed E-state index contributed by atoms with van der Waals surface area (Å²) in [6.07, 6.45) is 0. The van der Waals surface area contributed by atoms with Crippen molar-refractivity contribution in [1.82, 2.24) is 4.98 Å². The molecule has 2 rings (SSSR count). The summed E-state index contributed by atoms with van der Waals surface area (Å²) in [5, 5.41) is 0. The van der Waals surface area contributed by atoms with Crippen molar-refractivity contribution in [3.05, 3.63) is 18.2 Å². The maximum absolute atomic E-state index is 5.76. The van der Waals surface area contributed by atoms with Crippen molar-refractivity contribution < 1.29 is 4.42 Å². The van der Waals surface area contributed by atoms with Crippen LogP contribution in [-0.4, -0.2) is 18.1 Å². The van der Waals surface area contributed by atoms with Gasteiger partial charge in [-0.1, -0.05) is 20.8 Å². The van der Waals surface area contributed by atoms with E-state index < -0.39 is 0 Å². The molecule has 0 saturated carbocycles. The van der Waals surface area contributed by atoms with E-state index >= 15 is 0 Å². The first-order valence-electron chi connectivity index (χ1n) is 6.18. The van der Waals surface area contributed by atoms with Gasteiger partial charge in [-0.3, -0.25) is 0 Å². The van der Waals surface area contributed by atoms with Crippen LogP contribution in [-0.2, 0) is 0 Å². The largest absolute Gasteiger partial charge is 0.423 e. The Hall–Kier alpha value is -1.71. The smallest absolute Gasteiger partial charge is 0.298 e. The summed E-state index contributed by atoms with van der Waals surface area (Å²) < 4.78 is 5.76. The highest BCUT2D eigenvalue weighted by atomic mass is 16.4. The van der Waals surface area contributed by atoms with Gasteiger partial charge in [0.1, 0.15) is 5.52 Å². The monoisotopic (exact) mass is 247 g/mol. The lowest BCUT2D eigenvalue weighted by atomic mass is 9.87.